The van der Waals surface area contributed by atoms with Crippen LogP contribution in [0.25, 0.3) is 11.3 Å². The minimum absolute atomic E-state index is 0.403. The van der Waals surface area contributed by atoms with E-state index in [9.17, 15) is 14.4 Å². The summed E-state index contributed by atoms with van der Waals surface area (Å²) in [6.07, 6.45) is 0. The van der Waals surface area contributed by atoms with Crippen LogP contribution in [0, 0.1) is 13.8 Å². The van der Waals surface area contributed by atoms with Gasteiger partial charge in [0, 0.05) is 10.9 Å². The first-order chi connectivity index (χ1) is 15.7. The van der Waals surface area contributed by atoms with Gasteiger partial charge in [0.15, 0.2) is 5.13 Å². The van der Waals surface area contributed by atoms with Gasteiger partial charge in [-0.05, 0) is 44.0 Å². The van der Waals surface area contributed by atoms with Crippen LogP contribution in [-0.2, 0) is 15.1 Å². The molecule has 0 bridgehead atoms. The van der Waals surface area contributed by atoms with E-state index in [1.54, 1.807) is 38.3 Å². The van der Waals surface area contributed by atoms with Gasteiger partial charge in [0.25, 0.3) is 5.91 Å². The molecule has 1 fully saturated rings. The maximum Gasteiger partial charge on any atom is 0.325 e. The van der Waals surface area contributed by atoms with Crippen molar-refractivity contribution in [2.24, 2.45) is 0 Å². The SMILES string of the molecule is COc1ccc([C@@]2(C)NC(=O)N(CC(=O)Nc3nc(-c4ccc(C)cc4C)cs3)C2=O)cc1. The lowest BCUT2D eigenvalue weighted by atomic mass is 9.92. The summed E-state index contributed by atoms with van der Waals surface area (Å²) in [5.74, 6) is -0.360. The molecular weight excluding hydrogens is 440 g/mol. The molecule has 1 aromatic heterocycles. The first-order valence-corrected chi connectivity index (χ1v) is 11.2. The number of amides is 4. The van der Waals surface area contributed by atoms with Gasteiger partial charge in [0.1, 0.15) is 17.8 Å². The van der Waals surface area contributed by atoms with Crippen molar-refractivity contribution in [3.8, 4) is 17.0 Å². The zero-order chi connectivity index (χ0) is 23.8. The van der Waals surface area contributed by atoms with E-state index in [0.717, 1.165) is 27.3 Å². The lowest BCUT2D eigenvalue weighted by Gasteiger charge is -2.22. The lowest BCUT2D eigenvalue weighted by molar-refractivity contribution is -0.133. The van der Waals surface area contributed by atoms with E-state index in [2.05, 4.69) is 21.7 Å². The number of benzene rings is 2. The summed E-state index contributed by atoms with van der Waals surface area (Å²) in [5.41, 5.74) is 3.34. The molecule has 1 aliphatic rings. The minimum atomic E-state index is -1.26. The molecule has 0 radical (unpaired) electrons. The van der Waals surface area contributed by atoms with Crippen molar-refractivity contribution in [2.45, 2.75) is 26.3 Å². The quantitative estimate of drug-likeness (QED) is 0.540. The zero-order valence-electron chi connectivity index (χ0n) is 18.8. The minimum Gasteiger partial charge on any atom is -0.497 e. The van der Waals surface area contributed by atoms with Crippen LogP contribution >= 0.6 is 11.3 Å². The van der Waals surface area contributed by atoms with Crippen LogP contribution in [0.5, 0.6) is 5.75 Å². The highest BCUT2D eigenvalue weighted by atomic mass is 32.1. The van der Waals surface area contributed by atoms with Gasteiger partial charge >= 0.3 is 6.03 Å². The highest BCUT2D eigenvalue weighted by Gasteiger charge is 2.49. The molecule has 0 saturated carbocycles. The lowest BCUT2D eigenvalue weighted by Crippen LogP contribution is -2.42. The summed E-state index contributed by atoms with van der Waals surface area (Å²) in [6.45, 7) is 5.25. The number of hydrogen-bond acceptors (Lipinski definition) is 6. The van der Waals surface area contributed by atoms with Crippen LogP contribution in [0.2, 0.25) is 0 Å². The maximum absolute atomic E-state index is 13.1. The number of thiazole rings is 1. The number of aromatic nitrogens is 1. The van der Waals surface area contributed by atoms with E-state index in [0.29, 0.717) is 16.4 Å². The summed E-state index contributed by atoms with van der Waals surface area (Å²) < 4.78 is 5.14. The molecule has 8 nitrogen and oxygen atoms in total. The Hall–Kier alpha value is -3.72. The Labute approximate surface area is 195 Å². The largest absolute Gasteiger partial charge is 0.497 e. The molecular formula is C24H24N4O4S. The second-order valence-electron chi connectivity index (χ2n) is 8.08. The van der Waals surface area contributed by atoms with E-state index in [-0.39, 0.29) is 0 Å². The van der Waals surface area contributed by atoms with E-state index >= 15 is 0 Å². The monoisotopic (exact) mass is 464 g/mol. The van der Waals surface area contributed by atoms with Crippen LogP contribution in [0.1, 0.15) is 23.6 Å². The summed E-state index contributed by atoms with van der Waals surface area (Å²) in [4.78, 5) is 43.6. The number of methoxy groups -OCH3 is 1. The van der Waals surface area contributed by atoms with Crippen molar-refractivity contribution >= 4 is 34.3 Å². The first-order valence-electron chi connectivity index (χ1n) is 10.3. The van der Waals surface area contributed by atoms with Crippen LogP contribution in [-0.4, -0.2) is 41.4 Å². The number of hydrogen-bond donors (Lipinski definition) is 2. The molecule has 3 aromatic rings. The topological polar surface area (TPSA) is 101 Å². The Bertz CT molecular complexity index is 1240. The van der Waals surface area contributed by atoms with Crippen molar-refractivity contribution in [1.82, 2.24) is 15.2 Å². The predicted octanol–water partition coefficient (Wildman–Crippen LogP) is 3.84. The number of urea groups is 1. The van der Waals surface area contributed by atoms with Crippen LogP contribution in [0.4, 0.5) is 9.93 Å². The summed E-state index contributed by atoms with van der Waals surface area (Å²) in [5, 5.41) is 7.65. The summed E-state index contributed by atoms with van der Waals surface area (Å²) >= 11 is 1.29. The first kappa shape index (κ1) is 22.5. The Morgan fingerprint density at radius 2 is 1.91 bits per heavy atom. The molecule has 2 heterocycles. The smallest absolute Gasteiger partial charge is 0.325 e. The highest BCUT2D eigenvalue weighted by Crippen LogP contribution is 2.31. The fourth-order valence-electron chi connectivity index (χ4n) is 3.82. The molecule has 2 aromatic carbocycles. The van der Waals surface area contributed by atoms with Gasteiger partial charge in [-0.1, -0.05) is 35.9 Å². The Morgan fingerprint density at radius 3 is 2.58 bits per heavy atom. The molecule has 170 valence electrons. The van der Waals surface area contributed by atoms with Gasteiger partial charge in [-0.25, -0.2) is 9.78 Å². The third-order valence-electron chi connectivity index (χ3n) is 5.65. The molecule has 33 heavy (non-hydrogen) atoms. The van der Waals surface area contributed by atoms with E-state index < -0.39 is 29.9 Å². The average molecular weight is 465 g/mol. The van der Waals surface area contributed by atoms with E-state index in [1.807, 2.05) is 31.4 Å². The summed E-state index contributed by atoms with van der Waals surface area (Å²) in [7, 11) is 1.55. The van der Waals surface area contributed by atoms with Crippen molar-refractivity contribution in [3.63, 3.8) is 0 Å². The molecule has 1 atom stereocenters. The molecule has 0 spiro atoms. The molecule has 1 saturated heterocycles. The molecule has 9 heteroatoms. The number of carbonyl (C=O) groups excluding carboxylic acids is 3. The average Bonchev–Trinajstić information content (AvgIpc) is 3.32. The fraction of sp³-hybridized carbons (Fsp3) is 0.250. The van der Waals surface area contributed by atoms with E-state index in [1.165, 1.54) is 11.3 Å². The van der Waals surface area contributed by atoms with Crippen molar-refractivity contribution in [1.29, 1.82) is 0 Å². The summed E-state index contributed by atoms with van der Waals surface area (Å²) in [6, 6.07) is 12.3. The number of imide groups is 1. The van der Waals surface area contributed by atoms with Crippen molar-refractivity contribution in [3.05, 3.63) is 64.5 Å². The fourth-order valence-corrected chi connectivity index (χ4v) is 4.55. The van der Waals surface area contributed by atoms with Gasteiger partial charge in [0.2, 0.25) is 5.91 Å². The van der Waals surface area contributed by atoms with Crippen LogP contribution in [0.15, 0.2) is 47.8 Å². The zero-order valence-corrected chi connectivity index (χ0v) is 19.6. The number of nitrogens with zero attached hydrogens (tertiary/aromatic N) is 2. The Balaban J connectivity index is 1.45. The van der Waals surface area contributed by atoms with Crippen molar-refractivity contribution in [2.75, 3.05) is 19.0 Å². The predicted molar refractivity (Wildman–Crippen MR) is 126 cm³/mol. The normalized spacial score (nSPS) is 17.8. The Morgan fingerprint density at radius 1 is 1.18 bits per heavy atom. The number of anilines is 1. The maximum atomic E-state index is 13.1. The Kier molecular flexibility index (Phi) is 5.90. The molecule has 4 rings (SSSR count). The molecule has 1 aliphatic heterocycles. The third-order valence-corrected chi connectivity index (χ3v) is 6.41. The number of ether oxygens (including phenoxy) is 1. The van der Waals surface area contributed by atoms with E-state index in [4.69, 9.17) is 4.74 Å². The van der Waals surface area contributed by atoms with Crippen LogP contribution < -0.4 is 15.4 Å². The second kappa shape index (κ2) is 8.67. The number of aryl methyl sites for hydroxylation is 2. The number of carbonyl (C=O) groups is 3. The third kappa shape index (κ3) is 4.31. The molecule has 4 amide bonds. The number of nitrogens with one attached hydrogen (secondary N) is 2. The van der Waals surface area contributed by atoms with Gasteiger partial charge in [0.05, 0.1) is 12.8 Å². The second-order valence-corrected chi connectivity index (χ2v) is 8.94. The van der Waals surface area contributed by atoms with Crippen molar-refractivity contribution < 1.29 is 19.1 Å². The highest BCUT2D eigenvalue weighted by molar-refractivity contribution is 7.14. The van der Waals surface area contributed by atoms with Gasteiger partial charge < -0.3 is 15.4 Å². The van der Waals surface area contributed by atoms with Crippen LogP contribution in [0.3, 0.4) is 0 Å². The number of rotatable bonds is 6. The molecule has 0 aliphatic carbocycles. The standard InChI is InChI=1S/C24H24N4O4S/c1-14-5-10-18(15(2)11-14)19-13-33-22(25-19)26-20(29)12-28-21(30)24(3,27-23(28)31)16-6-8-17(32-4)9-7-16/h5-11,13H,12H2,1-4H3,(H,27,31)(H,25,26,29)/t24-/m1/s1. The van der Waals surface area contributed by atoms with Gasteiger partial charge in [-0.3, -0.25) is 14.5 Å². The molecule has 0 unspecified atom stereocenters. The molecule has 2 N–H and O–H groups in total. The van der Waals surface area contributed by atoms with Gasteiger partial charge in [-0.2, -0.15) is 0 Å². The van der Waals surface area contributed by atoms with Gasteiger partial charge in [-0.15, -0.1) is 11.3 Å².